The molecular weight excluding hydrogens is 428 g/mol. The molecule has 0 saturated heterocycles. The van der Waals surface area contributed by atoms with Crippen LogP contribution in [0.15, 0.2) is 21.1 Å². The van der Waals surface area contributed by atoms with E-state index in [4.69, 9.17) is 9.47 Å². The molecule has 1 aromatic carbocycles. The van der Waals surface area contributed by atoms with E-state index in [9.17, 15) is 4.79 Å². The van der Waals surface area contributed by atoms with Gasteiger partial charge in [-0.25, -0.2) is 4.79 Å². The first-order chi connectivity index (χ1) is 10.7. The molecule has 0 aromatic heterocycles. The Morgan fingerprint density at radius 3 is 2.39 bits per heavy atom. The van der Waals surface area contributed by atoms with Gasteiger partial charge in [0.1, 0.15) is 11.4 Å². The summed E-state index contributed by atoms with van der Waals surface area (Å²) in [5.74, 6) is 0.782. The molecule has 0 radical (unpaired) electrons. The molecule has 0 spiro atoms. The van der Waals surface area contributed by atoms with Crippen molar-refractivity contribution in [2.75, 3.05) is 7.11 Å². The van der Waals surface area contributed by atoms with Gasteiger partial charge in [0.25, 0.3) is 0 Å². The largest absolute Gasteiger partial charge is 0.494 e. The highest BCUT2D eigenvalue weighted by Gasteiger charge is 2.38. The molecule has 2 rings (SSSR count). The van der Waals surface area contributed by atoms with Crippen LogP contribution in [0.2, 0.25) is 0 Å². The van der Waals surface area contributed by atoms with Crippen LogP contribution in [0.3, 0.4) is 0 Å². The summed E-state index contributed by atoms with van der Waals surface area (Å²) in [5.41, 5.74) is 0.663. The van der Waals surface area contributed by atoms with Crippen LogP contribution in [0.4, 0.5) is 4.79 Å². The van der Waals surface area contributed by atoms with Crippen molar-refractivity contribution in [2.24, 2.45) is 0 Å². The fourth-order valence-corrected chi connectivity index (χ4v) is 3.80. The molecule has 2 atom stereocenters. The van der Waals surface area contributed by atoms with Crippen LogP contribution in [-0.4, -0.2) is 30.9 Å². The van der Waals surface area contributed by atoms with Gasteiger partial charge >= 0.3 is 6.09 Å². The molecule has 2 N–H and O–H groups in total. The zero-order valence-corrected chi connectivity index (χ0v) is 16.9. The molecular formula is C16H22Br2N2O3. The number of hydrogen-bond donors (Lipinski definition) is 2. The number of carbonyl (C=O) groups is 1. The Labute approximate surface area is 153 Å². The van der Waals surface area contributed by atoms with E-state index >= 15 is 0 Å². The van der Waals surface area contributed by atoms with Gasteiger partial charge in [0.15, 0.2) is 0 Å². The Hall–Kier alpha value is -0.790. The number of methoxy groups -OCH3 is 1. The van der Waals surface area contributed by atoms with E-state index in [1.54, 1.807) is 7.11 Å². The first kappa shape index (κ1) is 18.5. The Kier molecular flexibility index (Phi) is 5.97. The number of hydrogen-bond acceptors (Lipinski definition) is 4. The van der Waals surface area contributed by atoms with Crippen LogP contribution in [0.5, 0.6) is 5.75 Å². The molecule has 23 heavy (non-hydrogen) atoms. The van der Waals surface area contributed by atoms with Crippen molar-refractivity contribution < 1.29 is 14.3 Å². The lowest BCUT2D eigenvalue weighted by Gasteiger charge is -2.19. The molecule has 2 unspecified atom stereocenters. The minimum atomic E-state index is -0.469. The van der Waals surface area contributed by atoms with Gasteiger partial charge in [0, 0.05) is 18.6 Å². The third kappa shape index (κ3) is 5.65. The van der Waals surface area contributed by atoms with Crippen LogP contribution in [0, 0.1) is 0 Å². The maximum absolute atomic E-state index is 11.7. The van der Waals surface area contributed by atoms with E-state index in [2.05, 4.69) is 42.5 Å². The molecule has 0 bridgehead atoms. The van der Waals surface area contributed by atoms with Crippen molar-refractivity contribution >= 4 is 38.0 Å². The van der Waals surface area contributed by atoms with Gasteiger partial charge in [0.05, 0.1) is 16.1 Å². The number of amides is 1. The van der Waals surface area contributed by atoms with Crippen molar-refractivity contribution in [1.82, 2.24) is 10.6 Å². The minimum absolute atomic E-state index is 0.134. The van der Waals surface area contributed by atoms with E-state index in [0.29, 0.717) is 0 Å². The smallest absolute Gasteiger partial charge is 0.407 e. The van der Waals surface area contributed by atoms with Crippen molar-refractivity contribution in [3.05, 3.63) is 26.6 Å². The quantitative estimate of drug-likeness (QED) is 0.713. The number of ether oxygens (including phenoxy) is 2. The number of alkyl carbamates (subject to hydrolysis) is 1. The average molecular weight is 450 g/mol. The molecule has 1 amide bonds. The van der Waals surface area contributed by atoms with Gasteiger partial charge in [-0.1, -0.05) is 0 Å². The predicted octanol–water partition coefficient (Wildman–Crippen LogP) is 3.98. The topological polar surface area (TPSA) is 59.6 Å². The van der Waals surface area contributed by atoms with Crippen LogP contribution in [0.25, 0.3) is 0 Å². The van der Waals surface area contributed by atoms with Crippen LogP contribution in [-0.2, 0) is 11.3 Å². The lowest BCUT2D eigenvalue weighted by Crippen LogP contribution is -2.36. The van der Waals surface area contributed by atoms with E-state index in [1.165, 1.54) is 0 Å². The highest BCUT2D eigenvalue weighted by molar-refractivity contribution is 9.11. The standard InChI is InChI=1S/C16H22Br2N2O3/c1-16(2,3)23-15(21)20-13-7-12(13)19-8-9-5-10(17)14(22-4)11(18)6-9/h5-6,12-13,19H,7-8H2,1-4H3,(H,20,21). The highest BCUT2D eigenvalue weighted by Crippen LogP contribution is 2.34. The van der Waals surface area contributed by atoms with Gasteiger partial charge in [-0.2, -0.15) is 0 Å². The van der Waals surface area contributed by atoms with Crippen molar-refractivity contribution in [2.45, 2.75) is 51.4 Å². The molecule has 128 valence electrons. The molecule has 0 heterocycles. The SMILES string of the molecule is COc1c(Br)cc(CNC2CC2NC(=O)OC(C)(C)C)cc1Br. The number of nitrogens with one attached hydrogen (secondary N) is 2. The Morgan fingerprint density at radius 1 is 1.26 bits per heavy atom. The molecule has 1 saturated carbocycles. The number of halogens is 2. The zero-order valence-electron chi connectivity index (χ0n) is 13.7. The summed E-state index contributed by atoms with van der Waals surface area (Å²) in [6.45, 7) is 6.29. The van der Waals surface area contributed by atoms with Gasteiger partial charge < -0.3 is 20.1 Å². The summed E-state index contributed by atoms with van der Waals surface area (Å²) in [6, 6.07) is 4.46. The van der Waals surface area contributed by atoms with Crippen LogP contribution < -0.4 is 15.4 Å². The highest BCUT2D eigenvalue weighted by atomic mass is 79.9. The van der Waals surface area contributed by atoms with Gasteiger partial charge in [0.2, 0.25) is 0 Å². The lowest BCUT2D eigenvalue weighted by atomic mass is 10.2. The summed E-state index contributed by atoms with van der Waals surface area (Å²) in [7, 11) is 1.64. The van der Waals surface area contributed by atoms with Gasteiger partial charge in [-0.15, -0.1) is 0 Å². The molecule has 7 heteroatoms. The van der Waals surface area contributed by atoms with E-state index in [-0.39, 0.29) is 18.2 Å². The third-order valence-electron chi connectivity index (χ3n) is 3.32. The van der Waals surface area contributed by atoms with Crippen molar-refractivity contribution in [3.8, 4) is 5.75 Å². The molecule has 1 fully saturated rings. The maximum atomic E-state index is 11.7. The van der Waals surface area contributed by atoms with E-state index in [1.807, 2.05) is 32.9 Å². The molecule has 1 aliphatic carbocycles. The summed E-state index contributed by atoms with van der Waals surface area (Å²) in [4.78, 5) is 11.7. The summed E-state index contributed by atoms with van der Waals surface area (Å²) >= 11 is 6.99. The Bertz CT molecular complexity index is 564. The molecule has 1 aliphatic rings. The van der Waals surface area contributed by atoms with Crippen molar-refractivity contribution in [3.63, 3.8) is 0 Å². The number of carbonyl (C=O) groups excluding carboxylic acids is 1. The normalized spacial score (nSPS) is 20.1. The van der Waals surface area contributed by atoms with Gasteiger partial charge in [-0.3, -0.25) is 0 Å². The fourth-order valence-electron chi connectivity index (χ4n) is 2.20. The van der Waals surface area contributed by atoms with Gasteiger partial charge in [-0.05, 0) is 76.7 Å². The summed E-state index contributed by atoms with van der Waals surface area (Å²) < 4.78 is 12.4. The monoisotopic (exact) mass is 448 g/mol. The summed E-state index contributed by atoms with van der Waals surface area (Å²) in [6.07, 6.45) is 0.555. The second kappa shape index (κ2) is 7.40. The Morgan fingerprint density at radius 2 is 1.87 bits per heavy atom. The predicted molar refractivity (Wildman–Crippen MR) is 96.8 cm³/mol. The second-order valence-electron chi connectivity index (χ2n) is 6.57. The van der Waals surface area contributed by atoms with Crippen LogP contribution in [0.1, 0.15) is 32.8 Å². The number of benzene rings is 1. The average Bonchev–Trinajstić information content (AvgIpc) is 3.11. The molecule has 1 aromatic rings. The summed E-state index contributed by atoms with van der Waals surface area (Å²) in [5, 5.41) is 6.31. The first-order valence-electron chi connectivity index (χ1n) is 7.44. The second-order valence-corrected chi connectivity index (χ2v) is 8.28. The van der Waals surface area contributed by atoms with E-state index < -0.39 is 5.60 Å². The number of rotatable bonds is 5. The third-order valence-corrected chi connectivity index (χ3v) is 4.50. The first-order valence-corrected chi connectivity index (χ1v) is 9.03. The van der Waals surface area contributed by atoms with Crippen molar-refractivity contribution in [1.29, 1.82) is 0 Å². The Balaban J connectivity index is 1.79. The lowest BCUT2D eigenvalue weighted by molar-refractivity contribution is 0.0522. The minimum Gasteiger partial charge on any atom is -0.494 e. The fraction of sp³-hybridized carbons (Fsp3) is 0.562. The molecule has 5 nitrogen and oxygen atoms in total. The zero-order chi connectivity index (χ0) is 17.2. The van der Waals surface area contributed by atoms with Crippen LogP contribution >= 0.6 is 31.9 Å². The van der Waals surface area contributed by atoms with E-state index in [0.717, 1.165) is 33.2 Å². The molecule has 0 aliphatic heterocycles. The maximum Gasteiger partial charge on any atom is 0.407 e.